The molecule has 0 radical (unpaired) electrons. The van der Waals surface area contributed by atoms with Gasteiger partial charge in [-0.3, -0.25) is 0 Å². The second-order valence-corrected chi connectivity index (χ2v) is 5.27. The van der Waals surface area contributed by atoms with E-state index in [9.17, 15) is 0 Å². The number of nitrogens with zero attached hydrogens (tertiary/aromatic N) is 1. The number of oxime groups is 1. The molecule has 0 unspecified atom stereocenters. The van der Waals surface area contributed by atoms with Crippen molar-refractivity contribution >= 4 is 5.71 Å². The van der Waals surface area contributed by atoms with Gasteiger partial charge in [-0.2, -0.15) is 0 Å². The fourth-order valence-corrected chi connectivity index (χ4v) is 3.80. The van der Waals surface area contributed by atoms with Gasteiger partial charge in [0.15, 0.2) is 0 Å². The first-order valence-electron chi connectivity index (χ1n) is 6.22. The predicted molar refractivity (Wildman–Crippen MR) is 62.2 cm³/mol. The van der Waals surface area contributed by atoms with Gasteiger partial charge in [0.2, 0.25) is 0 Å². The molecule has 82 valence electrons. The van der Waals surface area contributed by atoms with E-state index in [0.29, 0.717) is 12.0 Å². The number of fused-ring (bicyclic) bond motifs is 5. The Balaban J connectivity index is 1.72. The SMILES string of the molecule is c1ccc(C2=NO[C@@H]3[C@@H]4CC[C@@H](C4)[C@H]23)cc1. The number of rotatable bonds is 1. The van der Waals surface area contributed by atoms with Crippen LogP contribution >= 0.6 is 0 Å². The summed E-state index contributed by atoms with van der Waals surface area (Å²) in [6, 6.07) is 10.5. The average Bonchev–Trinajstić information content (AvgIpc) is 3.03. The molecule has 2 bridgehead atoms. The van der Waals surface area contributed by atoms with Crippen molar-refractivity contribution in [3.63, 3.8) is 0 Å². The van der Waals surface area contributed by atoms with Crippen LogP contribution in [0, 0.1) is 17.8 Å². The van der Waals surface area contributed by atoms with Gasteiger partial charge in [0, 0.05) is 5.92 Å². The molecule has 4 atom stereocenters. The van der Waals surface area contributed by atoms with Crippen LogP contribution in [0.3, 0.4) is 0 Å². The first-order valence-corrected chi connectivity index (χ1v) is 6.22. The molecule has 16 heavy (non-hydrogen) atoms. The van der Waals surface area contributed by atoms with E-state index < -0.39 is 0 Å². The Hall–Kier alpha value is -1.31. The van der Waals surface area contributed by atoms with Gasteiger partial charge in [-0.15, -0.1) is 0 Å². The van der Waals surface area contributed by atoms with Gasteiger partial charge in [0.25, 0.3) is 0 Å². The highest BCUT2D eigenvalue weighted by Crippen LogP contribution is 2.53. The van der Waals surface area contributed by atoms with Crippen LogP contribution in [0.1, 0.15) is 24.8 Å². The maximum atomic E-state index is 5.67. The van der Waals surface area contributed by atoms with E-state index in [4.69, 9.17) is 4.84 Å². The van der Waals surface area contributed by atoms with Crippen LogP contribution in [0.4, 0.5) is 0 Å². The van der Waals surface area contributed by atoms with Crippen LogP contribution in [0.15, 0.2) is 35.5 Å². The van der Waals surface area contributed by atoms with Gasteiger partial charge in [-0.05, 0) is 36.7 Å². The second kappa shape index (κ2) is 3.09. The van der Waals surface area contributed by atoms with Crippen LogP contribution in [0.5, 0.6) is 0 Å². The Labute approximate surface area is 95.3 Å². The molecule has 0 amide bonds. The quantitative estimate of drug-likeness (QED) is 0.703. The zero-order chi connectivity index (χ0) is 10.5. The minimum absolute atomic E-state index is 0.397. The number of hydrogen-bond donors (Lipinski definition) is 0. The van der Waals surface area contributed by atoms with E-state index >= 15 is 0 Å². The fraction of sp³-hybridized carbons (Fsp3) is 0.500. The topological polar surface area (TPSA) is 21.6 Å². The van der Waals surface area contributed by atoms with Crippen LogP contribution in [0.25, 0.3) is 0 Å². The Kier molecular flexibility index (Phi) is 1.70. The maximum Gasteiger partial charge on any atom is 0.139 e. The Morgan fingerprint density at radius 2 is 1.88 bits per heavy atom. The zero-order valence-electron chi connectivity index (χ0n) is 9.17. The van der Waals surface area contributed by atoms with E-state index in [1.165, 1.54) is 30.5 Å². The second-order valence-electron chi connectivity index (χ2n) is 5.27. The molecule has 2 fully saturated rings. The van der Waals surface area contributed by atoms with E-state index in [-0.39, 0.29) is 0 Å². The third kappa shape index (κ3) is 1.05. The van der Waals surface area contributed by atoms with Crippen LogP contribution in [-0.2, 0) is 4.84 Å². The standard InChI is InChI=1S/C14H15NO/c1-2-4-9(5-3-1)13-12-10-6-7-11(8-10)14(12)16-15-13/h1-5,10-12,14H,6-8H2/t10-,11+,12+,14+/m0/s1. The van der Waals surface area contributed by atoms with Gasteiger partial charge < -0.3 is 4.84 Å². The van der Waals surface area contributed by atoms with E-state index in [0.717, 1.165) is 11.8 Å². The first-order chi connectivity index (χ1) is 7.93. The Morgan fingerprint density at radius 1 is 1.06 bits per heavy atom. The van der Waals surface area contributed by atoms with Gasteiger partial charge in [-0.1, -0.05) is 35.5 Å². The summed E-state index contributed by atoms with van der Waals surface area (Å²) < 4.78 is 0. The van der Waals surface area contributed by atoms with Crippen LogP contribution in [-0.4, -0.2) is 11.8 Å². The molecule has 1 aromatic carbocycles. The summed E-state index contributed by atoms with van der Waals surface area (Å²) in [5, 5.41) is 4.35. The van der Waals surface area contributed by atoms with E-state index in [1.54, 1.807) is 0 Å². The minimum Gasteiger partial charge on any atom is -0.391 e. The van der Waals surface area contributed by atoms with E-state index in [2.05, 4.69) is 35.5 Å². The molecule has 2 aliphatic carbocycles. The lowest BCUT2D eigenvalue weighted by atomic mass is 9.81. The van der Waals surface area contributed by atoms with Crippen molar-refractivity contribution in [1.82, 2.24) is 0 Å². The first kappa shape index (κ1) is 8.80. The third-order valence-corrected chi connectivity index (χ3v) is 4.50. The van der Waals surface area contributed by atoms with Crippen LogP contribution in [0.2, 0.25) is 0 Å². The predicted octanol–water partition coefficient (Wildman–Crippen LogP) is 2.84. The molecule has 3 aliphatic rings. The highest BCUT2D eigenvalue weighted by atomic mass is 16.6. The fourth-order valence-electron chi connectivity index (χ4n) is 3.80. The molecule has 0 spiro atoms. The molecule has 4 rings (SSSR count). The summed E-state index contributed by atoms with van der Waals surface area (Å²) in [5.74, 6) is 2.19. The molecule has 0 N–H and O–H groups in total. The normalized spacial score (nSPS) is 39.4. The smallest absolute Gasteiger partial charge is 0.139 e. The van der Waals surface area contributed by atoms with E-state index in [1.807, 2.05) is 0 Å². The van der Waals surface area contributed by atoms with Crippen molar-refractivity contribution in [2.45, 2.75) is 25.4 Å². The minimum atomic E-state index is 0.397. The summed E-state index contributed by atoms with van der Waals surface area (Å²) in [6.07, 6.45) is 4.49. The summed E-state index contributed by atoms with van der Waals surface area (Å²) >= 11 is 0. The summed E-state index contributed by atoms with van der Waals surface area (Å²) in [4.78, 5) is 5.67. The number of hydrogen-bond acceptors (Lipinski definition) is 2. The van der Waals surface area contributed by atoms with Crippen molar-refractivity contribution in [3.8, 4) is 0 Å². The molecule has 0 aromatic heterocycles. The van der Waals surface area contributed by atoms with Crippen molar-refractivity contribution < 1.29 is 4.84 Å². The van der Waals surface area contributed by atoms with Crippen molar-refractivity contribution in [2.24, 2.45) is 22.9 Å². The van der Waals surface area contributed by atoms with Crippen molar-refractivity contribution in [2.75, 3.05) is 0 Å². The highest BCUT2D eigenvalue weighted by molar-refractivity contribution is 6.03. The molecule has 1 heterocycles. The maximum absolute atomic E-state index is 5.67. The molecule has 2 nitrogen and oxygen atoms in total. The van der Waals surface area contributed by atoms with Gasteiger partial charge in [0.1, 0.15) is 6.10 Å². The molecule has 2 saturated carbocycles. The molecule has 2 heteroatoms. The summed E-state index contributed by atoms with van der Waals surface area (Å²) in [6.45, 7) is 0. The largest absolute Gasteiger partial charge is 0.391 e. The average molecular weight is 213 g/mol. The molecular weight excluding hydrogens is 198 g/mol. The number of benzene rings is 1. The molecular formula is C14H15NO. The monoisotopic (exact) mass is 213 g/mol. The zero-order valence-corrected chi connectivity index (χ0v) is 9.17. The summed E-state index contributed by atoms with van der Waals surface area (Å²) in [5.41, 5.74) is 2.46. The van der Waals surface area contributed by atoms with Crippen LogP contribution < -0.4 is 0 Å². The Bertz CT molecular complexity index is 439. The van der Waals surface area contributed by atoms with Gasteiger partial charge in [0.05, 0.1) is 5.71 Å². The third-order valence-electron chi connectivity index (χ3n) is 4.50. The van der Waals surface area contributed by atoms with Crippen molar-refractivity contribution in [3.05, 3.63) is 35.9 Å². The summed E-state index contributed by atoms with van der Waals surface area (Å²) in [7, 11) is 0. The molecule has 0 saturated heterocycles. The Morgan fingerprint density at radius 3 is 2.75 bits per heavy atom. The van der Waals surface area contributed by atoms with Gasteiger partial charge >= 0.3 is 0 Å². The lowest BCUT2D eigenvalue weighted by Crippen LogP contribution is -2.29. The molecule has 1 aromatic rings. The highest BCUT2D eigenvalue weighted by Gasteiger charge is 2.54. The molecule has 1 aliphatic heterocycles. The lowest BCUT2D eigenvalue weighted by molar-refractivity contribution is 0.0275. The lowest BCUT2D eigenvalue weighted by Gasteiger charge is -2.22. The van der Waals surface area contributed by atoms with Gasteiger partial charge in [-0.25, -0.2) is 0 Å². The van der Waals surface area contributed by atoms with Crippen molar-refractivity contribution in [1.29, 1.82) is 0 Å².